The molecule has 0 radical (unpaired) electrons. The van der Waals surface area contributed by atoms with Gasteiger partial charge in [-0.25, -0.2) is 9.59 Å². The van der Waals surface area contributed by atoms with Crippen LogP contribution in [0.15, 0.2) is 97.1 Å². The molecule has 1 aliphatic heterocycles. The number of non-ortho nitro benzene ring substituents is 1. The van der Waals surface area contributed by atoms with Crippen LogP contribution in [0.1, 0.15) is 28.7 Å². The van der Waals surface area contributed by atoms with E-state index in [4.69, 9.17) is 28.4 Å². The molecule has 0 spiro atoms. The Hall–Kier alpha value is -6.11. The van der Waals surface area contributed by atoms with E-state index in [1.807, 2.05) is 48.5 Å². The maximum Gasteiger partial charge on any atom is 0.508 e. The molecular formula is C39H40N2O11. The molecule has 2 unspecified atom stereocenters. The highest BCUT2D eigenvalue weighted by molar-refractivity contribution is 5.97. The number of ether oxygens (including phenoxy) is 6. The van der Waals surface area contributed by atoms with Crippen LogP contribution in [-0.4, -0.2) is 67.9 Å². The number of benzene rings is 4. The van der Waals surface area contributed by atoms with Crippen molar-refractivity contribution in [1.29, 1.82) is 0 Å². The van der Waals surface area contributed by atoms with Crippen molar-refractivity contribution in [3.8, 4) is 17.2 Å². The summed E-state index contributed by atoms with van der Waals surface area (Å²) in [5, 5.41) is 10.9. The molecule has 13 heteroatoms. The van der Waals surface area contributed by atoms with Gasteiger partial charge in [0.2, 0.25) is 5.91 Å². The normalized spacial score (nSPS) is 15.0. The Kier molecular flexibility index (Phi) is 12.6. The summed E-state index contributed by atoms with van der Waals surface area (Å²) >= 11 is 0. The summed E-state index contributed by atoms with van der Waals surface area (Å²) in [7, 11) is 4.74. The Morgan fingerprint density at radius 2 is 1.12 bits per heavy atom. The van der Waals surface area contributed by atoms with Crippen LogP contribution in [0.25, 0.3) is 0 Å². The van der Waals surface area contributed by atoms with Crippen LogP contribution in [0, 0.1) is 16.0 Å². The topological polar surface area (TPSA) is 153 Å². The third-order valence-electron chi connectivity index (χ3n) is 8.84. The average molecular weight is 713 g/mol. The maximum absolute atomic E-state index is 14.0. The van der Waals surface area contributed by atoms with Crippen molar-refractivity contribution in [2.45, 2.75) is 44.6 Å². The first kappa shape index (κ1) is 37.2. The van der Waals surface area contributed by atoms with Crippen molar-refractivity contribution in [2.24, 2.45) is 5.92 Å². The van der Waals surface area contributed by atoms with Crippen LogP contribution in [-0.2, 0) is 49.9 Å². The summed E-state index contributed by atoms with van der Waals surface area (Å²) in [4.78, 5) is 52.1. The van der Waals surface area contributed by atoms with Gasteiger partial charge in [-0.15, -0.1) is 0 Å². The standard InChI is InChI=1S/C39H40N2O11/c1-47-32-14-6-26(7-15-32)22-31(23-27-8-16-33(48-2)17-9-27)40-36(38(43)51-24-29-10-18-34(49-3)19-11-29)35(37(40)42)20-21-50-39(44)52-25-28-4-12-30(13-5-28)41(45)46/h4-19,31,35-36H,20-25H2,1-3H3. The number of likely N-dealkylation sites (tertiary alicyclic amines) is 1. The fourth-order valence-corrected chi connectivity index (χ4v) is 6.01. The molecule has 1 amide bonds. The predicted molar refractivity (Wildman–Crippen MR) is 188 cm³/mol. The van der Waals surface area contributed by atoms with Crippen molar-refractivity contribution < 1.29 is 47.7 Å². The SMILES string of the molecule is COc1ccc(COC(=O)C2C(CCOC(=O)OCc3ccc([N+](=O)[O-])cc3)C(=O)N2C(Cc2ccc(OC)cc2)Cc2ccc(OC)cc2)cc1. The van der Waals surface area contributed by atoms with E-state index in [0.29, 0.717) is 35.7 Å². The molecule has 0 N–H and O–H groups in total. The second-order valence-corrected chi connectivity index (χ2v) is 12.1. The second-order valence-electron chi connectivity index (χ2n) is 12.1. The van der Waals surface area contributed by atoms with Crippen molar-refractivity contribution in [2.75, 3.05) is 27.9 Å². The second kappa shape index (κ2) is 17.7. The first-order valence-corrected chi connectivity index (χ1v) is 16.6. The molecule has 1 fully saturated rings. The number of rotatable bonds is 17. The Balaban J connectivity index is 1.31. The van der Waals surface area contributed by atoms with Gasteiger partial charge >= 0.3 is 12.1 Å². The fourth-order valence-electron chi connectivity index (χ4n) is 6.01. The molecule has 1 saturated heterocycles. The van der Waals surface area contributed by atoms with Crippen LogP contribution in [0.4, 0.5) is 10.5 Å². The molecule has 272 valence electrons. The quantitative estimate of drug-likeness (QED) is 0.0541. The lowest BCUT2D eigenvalue weighted by molar-refractivity contribution is -0.384. The van der Waals surface area contributed by atoms with E-state index >= 15 is 0 Å². The van der Waals surface area contributed by atoms with Gasteiger partial charge in [-0.05, 0) is 90.0 Å². The van der Waals surface area contributed by atoms with Crippen molar-refractivity contribution in [3.63, 3.8) is 0 Å². The minimum absolute atomic E-state index is 0.0127. The average Bonchev–Trinajstić information content (AvgIpc) is 3.17. The van der Waals surface area contributed by atoms with E-state index in [9.17, 15) is 24.5 Å². The van der Waals surface area contributed by atoms with Crippen LogP contribution in [0.2, 0.25) is 0 Å². The van der Waals surface area contributed by atoms with E-state index in [1.54, 1.807) is 50.5 Å². The lowest BCUT2D eigenvalue weighted by atomic mass is 9.81. The van der Waals surface area contributed by atoms with Crippen molar-refractivity contribution in [1.82, 2.24) is 4.90 Å². The molecule has 0 aliphatic carbocycles. The Labute approximate surface area is 301 Å². The molecule has 52 heavy (non-hydrogen) atoms. The monoisotopic (exact) mass is 712 g/mol. The molecule has 1 heterocycles. The van der Waals surface area contributed by atoms with Gasteiger partial charge < -0.3 is 33.3 Å². The van der Waals surface area contributed by atoms with Gasteiger partial charge in [0.15, 0.2) is 0 Å². The minimum Gasteiger partial charge on any atom is -0.497 e. The summed E-state index contributed by atoms with van der Waals surface area (Å²) in [5.74, 6) is 0.414. The first-order valence-electron chi connectivity index (χ1n) is 16.6. The minimum atomic E-state index is -0.975. The fraction of sp³-hybridized carbons (Fsp3) is 0.308. The molecule has 0 aromatic heterocycles. The smallest absolute Gasteiger partial charge is 0.497 e. The number of β-lactam (4-membered cyclic amide) rings is 1. The van der Waals surface area contributed by atoms with E-state index in [-0.39, 0.29) is 37.8 Å². The Bertz CT molecular complexity index is 1760. The highest BCUT2D eigenvalue weighted by Gasteiger charge is 2.54. The zero-order chi connectivity index (χ0) is 37.0. The number of carbonyl (C=O) groups is 3. The van der Waals surface area contributed by atoms with Gasteiger partial charge in [-0.2, -0.15) is 0 Å². The lowest BCUT2D eigenvalue weighted by Gasteiger charge is -2.49. The van der Waals surface area contributed by atoms with Crippen LogP contribution in [0.3, 0.4) is 0 Å². The highest BCUT2D eigenvalue weighted by atomic mass is 16.7. The molecular weight excluding hydrogens is 672 g/mol. The number of hydrogen-bond donors (Lipinski definition) is 0. The van der Waals surface area contributed by atoms with E-state index in [0.717, 1.165) is 16.7 Å². The van der Waals surface area contributed by atoms with Crippen LogP contribution in [0.5, 0.6) is 17.2 Å². The molecule has 0 bridgehead atoms. The zero-order valence-corrected chi connectivity index (χ0v) is 29.1. The summed E-state index contributed by atoms with van der Waals surface area (Å²) in [6.07, 6.45) is -0.0237. The number of nitro benzene ring substituents is 1. The van der Waals surface area contributed by atoms with E-state index in [1.165, 1.54) is 24.3 Å². The van der Waals surface area contributed by atoms with Crippen molar-refractivity contribution in [3.05, 3.63) is 129 Å². The summed E-state index contributed by atoms with van der Waals surface area (Å²) < 4.78 is 32.1. The number of methoxy groups -OCH3 is 3. The Morgan fingerprint density at radius 3 is 1.58 bits per heavy atom. The molecule has 2 atom stereocenters. The van der Waals surface area contributed by atoms with E-state index in [2.05, 4.69) is 0 Å². The van der Waals surface area contributed by atoms with Gasteiger partial charge in [-0.3, -0.25) is 14.9 Å². The van der Waals surface area contributed by atoms with Crippen LogP contribution < -0.4 is 14.2 Å². The largest absolute Gasteiger partial charge is 0.508 e. The number of esters is 1. The molecule has 4 aromatic rings. The predicted octanol–water partition coefficient (Wildman–Crippen LogP) is 6.09. The Morgan fingerprint density at radius 1 is 0.673 bits per heavy atom. The highest BCUT2D eigenvalue weighted by Crippen LogP contribution is 2.36. The summed E-state index contributed by atoms with van der Waals surface area (Å²) in [5.41, 5.74) is 3.08. The molecule has 0 saturated carbocycles. The number of amides is 1. The molecule has 5 rings (SSSR count). The summed E-state index contributed by atoms with van der Waals surface area (Å²) in [6, 6.07) is 26.4. The molecule has 13 nitrogen and oxygen atoms in total. The van der Waals surface area contributed by atoms with E-state index < -0.39 is 35.0 Å². The number of nitro groups is 1. The number of hydrogen-bond acceptors (Lipinski definition) is 11. The van der Waals surface area contributed by atoms with Crippen molar-refractivity contribution >= 4 is 23.7 Å². The van der Waals surface area contributed by atoms with Gasteiger partial charge in [0.1, 0.15) is 36.5 Å². The van der Waals surface area contributed by atoms with Gasteiger partial charge in [0.05, 0.1) is 38.8 Å². The van der Waals surface area contributed by atoms with Gasteiger partial charge in [0, 0.05) is 18.2 Å². The van der Waals surface area contributed by atoms with Crippen LogP contribution >= 0.6 is 0 Å². The number of nitrogens with zero attached hydrogens (tertiary/aromatic N) is 2. The lowest BCUT2D eigenvalue weighted by Crippen LogP contribution is -2.68. The third-order valence-corrected chi connectivity index (χ3v) is 8.84. The zero-order valence-electron chi connectivity index (χ0n) is 29.1. The maximum atomic E-state index is 14.0. The first-order chi connectivity index (χ1) is 25.2. The molecule has 4 aromatic carbocycles. The summed E-state index contributed by atoms with van der Waals surface area (Å²) in [6.45, 7) is -0.361. The molecule has 1 aliphatic rings. The third kappa shape index (κ3) is 9.56. The van der Waals surface area contributed by atoms with Gasteiger partial charge in [-0.1, -0.05) is 36.4 Å². The number of carbonyl (C=O) groups excluding carboxylic acids is 3. The van der Waals surface area contributed by atoms with Gasteiger partial charge in [0.25, 0.3) is 5.69 Å².